The van der Waals surface area contributed by atoms with Crippen LogP contribution in [-0.2, 0) is 34.1 Å². The molecule has 0 amide bonds. The van der Waals surface area contributed by atoms with Crippen LogP contribution in [0.4, 0.5) is 0 Å². The monoisotopic (exact) mass is 564 g/mol. The first-order valence-corrected chi connectivity index (χ1v) is 13.7. The predicted octanol–water partition coefficient (Wildman–Crippen LogP) is 12.1. The maximum Gasteiger partial charge on any atom is 3.00 e. The summed E-state index contributed by atoms with van der Waals surface area (Å²) in [6.45, 7) is 9.41. The van der Waals surface area contributed by atoms with Gasteiger partial charge < -0.3 is 29.7 Å². The summed E-state index contributed by atoms with van der Waals surface area (Å²) in [4.78, 5) is 0. The van der Waals surface area contributed by atoms with Crippen molar-refractivity contribution in [3.63, 3.8) is 0 Å². The summed E-state index contributed by atoms with van der Waals surface area (Å²) in [6.07, 6.45) is 29.8. The molecule has 0 aliphatic heterocycles. The molecule has 0 aromatic rings. The van der Waals surface area contributed by atoms with Crippen LogP contribution in [-0.4, -0.2) is 0 Å². The summed E-state index contributed by atoms with van der Waals surface area (Å²) in [5, 5.41) is 0. The van der Waals surface area contributed by atoms with Crippen LogP contribution in [0.3, 0.4) is 0 Å². The van der Waals surface area contributed by atoms with Crippen LogP contribution in [0.5, 0.6) is 0 Å². The van der Waals surface area contributed by atoms with Gasteiger partial charge in [0.05, 0.1) is 0 Å². The molecule has 0 saturated heterocycles. The molecule has 210 valence electrons. The molecule has 2 atom stereocenters. The molecule has 0 bridgehead atoms. The molecule has 34 heavy (non-hydrogen) atoms. The van der Waals surface area contributed by atoms with Crippen molar-refractivity contribution in [3.05, 3.63) is 29.7 Å². The first kappa shape index (κ1) is 48.1. The summed E-state index contributed by atoms with van der Waals surface area (Å²) in [5.74, 6) is 4.14. The van der Waals surface area contributed by atoms with E-state index in [1.165, 1.54) is 128 Å². The molecule has 2 unspecified atom stereocenters. The van der Waals surface area contributed by atoms with Gasteiger partial charge in [0.1, 0.15) is 0 Å². The van der Waals surface area contributed by atoms with Gasteiger partial charge in [-0.1, -0.05) is 156 Å². The van der Waals surface area contributed by atoms with Gasteiger partial charge in [0, 0.05) is 0 Å². The molecule has 4 aliphatic rings. The summed E-state index contributed by atoms with van der Waals surface area (Å²) >= 11 is 0. The smallest absolute Gasteiger partial charge is 0.358 e. The maximum absolute atomic E-state index is 2.40. The fourth-order valence-corrected chi connectivity index (χ4v) is 5.49. The van der Waals surface area contributed by atoms with Crippen molar-refractivity contribution in [1.29, 1.82) is 0 Å². The summed E-state index contributed by atoms with van der Waals surface area (Å²) in [7, 11) is 0. The molecule has 0 heterocycles. The van der Waals surface area contributed by atoms with Crippen molar-refractivity contribution in [2.24, 2.45) is 23.7 Å². The van der Waals surface area contributed by atoms with Crippen molar-refractivity contribution in [1.82, 2.24) is 0 Å². The summed E-state index contributed by atoms with van der Waals surface area (Å²) in [6, 6.07) is 0. The van der Waals surface area contributed by atoms with E-state index in [0.717, 1.165) is 23.7 Å². The van der Waals surface area contributed by atoms with E-state index in [-0.39, 0.29) is 63.8 Å². The zero-order valence-electron chi connectivity index (χ0n) is 25.2. The molecule has 0 aromatic heterocycles. The minimum absolute atomic E-state index is 0. The molecule has 2 radical (unpaired) electrons. The minimum Gasteiger partial charge on any atom is -0.358 e. The van der Waals surface area contributed by atoms with E-state index in [9.17, 15) is 0 Å². The van der Waals surface area contributed by atoms with Crippen LogP contribution < -0.4 is 0 Å². The number of rotatable bonds is 4. The third-order valence-corrected chi connectivity index (χ3v) is 8.20. The van der Waals surface area contributed by atoms with Crippen LogP contribution in [0.15, 0.2) is 0 Å². The van der Waals surface area contributed by atoms with E-state index in [0.29, 0.717) is 0 Å². The van der Waals surface area contributed by atoms with E-state index in [1.807, 2.05) is 0 Å². The molecule has 4 aliphatic carbocycles. The van der Waals surface area contributed by atoms with Gasteiger partial charge in [-0.2, -0.15) is 0 Å². The summed E-state index contributed by atoms with van der Waals surface area (Å²) in [5.41, 5.74) is 0. The van der Waals surface area contributed by atoms with E-state index >= 15 is 0 Å². The zero-order valence-corrected chi connectivity index (χ0v) is 27.4. The van der Waals surface area contributed by atoms with Gasteiger partial charge >= 0.3 is 34.1 Å². The Labute approximate surface area is 242 Å². The topological polar surface area (TPSA) is 0 Å². The third-order valence-electron chi connectivity index (χ3n) is 8.20. The van der Waals surface area contributed by atoms with Gasteiger partial charge in [-0.05, 0) is 23.7 Å². The SMILES string of the molecule is C1CCCC1.C1CCCC1.CCC(C)C1CCCC1.CCC(C)C1CCCC1.[CH3-].[CH3-].[CH3-].[CH3-].[Fe+3].[Fe+3]. The molecule has 0 N–H and O–H groups in total. The molecular formula is C32H68Fe2+2. The first-order chi connectivity index (χ1) is 13.7. The Morgan fingerprint density at radius 1 is 0.412 bits per heavy atom. The second-order valence-electron chi connectivity index (χ2n) is 10.4. The van der Waals surface area contributed by atoms with Gasteiger partial charge in [0.25, 0.3) is 0 Å². The van der Waals surface area contributed by atoms with Gasteiger partial charge in [0.2, 0.25) is 0 Å². The van der Waals surface area contributed by atoms with Crippen LogP contribution in [0, 0.1) is 53.4 Å². The number of hydrogen-bond acceptors (Lipinski definition) is 0. The minimum atomic E-state index is 0. The van der Waals surface area contributed by atoms with Crippen molar-refractivity contribution in [2.45, 2.75) is 156 Å². The van der Waals surface area contributed by atoms with E-state index in [1.54, 1.807) is 0 Å². The van der Waals surface area contributed by atoms with Crippen LogP contribution in [0.1, 0.15) is 156 Å². The third kappa shape index (κ3) is 24.7. The maximum atomic E-state index is 2.40. The Bertz CT molecular complexity index is 264. The Kier molecular flexibility index (Phi) is 48.2. The molecular weight excluding hydrogens is 496 g/mol. The van der Waals surface area contributed by atoms with Gasteiger partial charge in [-0.25, -0.2) is 0 Å². The summed E-state index contributed by atoms with van der Waals surface area (Å²) < 4.78 is 0. The van der Waals surface area contributed by atoms with E-state index < -0.39 is 0 Å². The normalized spacial score (nSPS) is 20.1. The molecule has 0 aromatic carbocycles. The Morgan fingerprint density at radius 3 is 0.735 bits per heavy atom. The van der Waals surface area contributed by atoms with Crippen molar-refractivity contribution in [3.8, 4) is 0 Å². The fraction of sp³-hybridized carbons (Fsp3) is 0.875. The molecule has 4 fully saturated rings. The predicted molar refractivity (Wildman–Crippen MR) is 155 cm³/mol. The molecule has 2 heteroatoms. The quantitative estimate of drug-likeness (QED) is 0.235. The molecule has 4 saturated carbocycles. The van der Waals surface area contributed by atoms with Crippen molar-refractivity contribution in [2.75, 3.05) is 0 Å². The largest absolute Gasteiger partial charge is 3.00 e. The Morgan fingerprint density at radius 2 is 0.588 bits per heavy atom. The van der Waals surface area contributed by atoms with E-state index in [4.69, 9.17) is 0 Å². The number of hydrogen-bond donors (Lipinski definition) is 0. The van der Waals surface area contributed by atoms with Crippen LogP contribution >= 0.6 is 0 Å². The zero-order chi connectivity index (χ0) is 20.5. The van der Waals surface area contributed by atoms with Gasteiger partial charge in [-0.15, -0.1) is 0 Å². The van der Waals surface area contributed by atoms with Crippen LogP contribution in [0.25, 0.3) is 0 Å². The Hall–Kier alpha value is 1.04. The second-order valence-corrected chi connectivity index (χ2v) is 10.4. The van der Waals surface area contributed by atoms with Crippen LogP contribution in [0.2, 0.25) is 0 Å². The molecule has 0 spiro atoms. The average molecular weight is 565 g/mol. The first-order valence-electron chi connectivity index (χ1n) is 13.7. The van der Waals surface area contributed by atoms with Gasteiger partial charge in [-0.3, -0.25) is 0 Å². The Balaban J connectivity index is -0.0000000745. The standard InChI is InChI=1S/2C9H18.2C5H10.4CH3.2Fe/c2*1-3-8(2)9-6-4-5-7-9;2*1-2-4-5-3-1;;;;;;/h2*8-9H,3-7H2,1-2H3;2*1-5H2;4*1H3;;/q;;;;4*-1;2*+3. The molecule has 0 nitrogen and oxygen atoms in total. The molecule has 4 rings (SSSR count). The van der Waals surface area contributed by atoms with E-state index in [2.05, 4.69) is 27.7 Å². The van der Waals surface area contributed by atoms with Crippen molar-refractivity contribution < 1.29 is 34.1 Å². The average Bonchev–Trinajstić information content (AvgIpc) is 3.57. The fourth-order valence-electron chi connectivity index (χ4n) is 5.49. The second kappa shape index (κ2) is 34.0. The van der Waals surface area contributed by atoms with Crippen molar-refractivity contribution >= 4 is 0 Å². The van der Waals surface area contributed by atoms with Gasteiger partial charge in [0.15, 0.2) is 0 Å².